The van der Waals surface area contributed by atoms with Gasteiger partial charge in [-0.05, 0) is 38.0 Å². The first-order chi connectivity index (χ1) is 9.49. The van der Waals surface area contributed by atoms with E-state index in [0.717, 1.165) is 11.3 Å². The third kappa shape index (κ3) is 3.04. The highest BCUT2D eigenvalue weighted by Crippen LogP contribution is 2.22. The highest BCUT2D eigenvalue weighted by molar-refractivity contribution is 5.63. The number of nitrogens with one attached hydrogen (secondary N) is 1. The van der Waals surface area contributed by atoms with Crippen LogP contribution in [0.25, 0.3) is 0 Å². The van der Waals surface area contributed by atoms with E-state index in [0.29, 0.717) is 17.5 Å². The van der Waals surface area contributed by atoms with Gasteiger partial charge in [0.15, 0.2) is 6.19 Å². The Morgan fingerprint density at radius 1 is 1.15 bits per heavy atom. The van der Waals surface area contributed by atoms with Crippen molar-refractivity contribution in [2.45, 2.75) is 20.8 Å². The first-order valence-corrected chi connectivity index (χ1v) is 6.33. The molecule has 5 heteroatoms. The second-order valence-electron chi connectivity index (χ2n) is 4.76. The number of nitrogens with zero attached hydrogens (tertiary/aromatic N) is 4. The largest absolute Gasteiger partial charge is 0.340 e. The fraction of sp³-hybridized carbons (Fsp3) is 0.267. The Bertz CT molecular complexity index is 672. The van der Waals surface area contributed by atoms with Gasteiger partial charge in [0.2, 0.25) is 0 Å². The fourth-order valence-electron chi connectivity index (χ4n) is 1.85. The second-order valence-corrected chi connectivity index (χ2v) is 4.76. The zero-order valence-corrected chi connectivity index (χ0v) is 12.1. The summed E-state index contributed by atoms with van der Waals surface area (Å²) >= 11 is 0. The Hall–Kier alpha value is -2.61. The van der Waals surface area contributed by atoms with E-state index in [9.17, 15) is 0 Å². The van der Waals surface area contributed by atoms with E-state index in [1.54, 1.807) is 13.1 Å². The highest BCUT2D eigenvalue weighted by Gasteiger charge is 2.07. The van der Waals surface area contributed by atoms with Crippen LogP contribution in [0.15, 0.2) is 24.3 Å². The number of rotatable bonds is 3. The smallest absolute Gasteiger partial charge is 0.185 e. The van der Waals surface area contributed by atoms with Crippen LogP contribution in [-0.4, -0.2) is 17.0 Å². The molecule has 0 fully saturated rings. The molecule has 1 aromatic heterocycles. The van der Waals surface area contributed by atoms with Crippen LogP contribution in [0.4, 0.5) is 17.3 Å². The molecule has 2 aromatic rings. The first kappa shape index (κ1) is 13.8. The predicted octanol–water partition coefficient (Wildman–Crippen LogP) is 3.06. The summed E-state index contributed by atoms with van der Waals surface area (Å²) in [6.45, 7) is 5.89. The lowest BCUT2D eigenvalue weighted by molar-refractivity contribution is 1.02. The molecule has 0 aliphatic heterocycles. The Morgan fingerprint density at radius 3 is 2.60 bits per heavy atom. The lowest BCUT2D eigenvalue weighted by Gasteiger charge is -2.13. The molecule has 1 aromatic carbocycles. The molecule has 5 nitrogen and oxygen atoms in total. The average Bonchev–Trinajstić information content (AvgIpc) is 2.41. The Morgan fingerprint density at radius 2 is 1.90 bits per heavy atom. The molecule has 0 bridgehead atoms. The van der Waals surface area contributed by atoms with Crippen LogP contribution in [0.3, 0.4) is 0 Å². The van der Waals surface area contributed by atoms with Crippen molar-refractivity contribution in [3.05, 3.63) is 41.2 Å². The molecule has 0 atom stereocenters. The van der Waals surface area contributed by atoms with Crippen molar-refractivity contribution >= 4 is 17.3 Å². The van der Waals surface area contributed by atoms with Crippen LogP contribution in [0, 0.1) is 32.2 Å². The van der Waals surface area contributed by atoms with Gasteiger partial charge in [0.25, 0.3) is 0 Å². The molecule has 0 radical (unpaired) electrons. The molecule has 0 unspecified atom stereocenters. The van der Waals surface area contributed by atoms with Crippen LogP contribution in [0.5, 0.6) is 0 Å². The second kappa shape index (κ2) is 5.57. The first-order valence-electron chi connectivity index (χ1n) is 6.33. The van der Waals surface area contributed by atoms with Crippen molar-refractivity contribution in [2.24, 2.45) is 0 Å². The Balaban J connectivity index is 2.36. The van der Waals surface area contributed by atoms with Crippen LogP contribution in [0.1, 0.15) is 17.0 Å². The van der Waals surface area contributed by atoms with Gasteiger partial charge in [0.05, 0.1) is 0 Å². The minimum absolute atomic E-state index is 0.577. The predicted molar refractivity (Wildman–Crippen MR) is 80.0 cm³/mol. The maximum atomic E-state index is 8.94. The van der Waals surface area contributed by atoms with Crippen molar-refractivity contribution in [3.8, 4) is 6.19 Å². The fourth-order valence-corrected chi connectivity index (χ4v) is 1.85. The summed E-state index contributed by atoms with van der Waals surface area (Å²) in [7, 11) is 1.67. The van der Waals surface area contributed by atoms with Crippen LogP contribution in [0.2, 0.25) is 0 Å². The number of aryl methyl sites for hydroxylation is 3. The molecular formula is C15H17N5. The van der Waals surface area contributed by atoms with Gasteiger partial charge in [-0.15, -0.1) is 0 Å². The van der Waals surface area contributed by atoms with Gasteiger partial charge in [0, 0.05) is 18.8 Å². The van der Waals surface area contributed by atoms with E-state index in [2.05, 4.69) is 33.5 Å². The standard InChI is InChI=1S/C15H17N5/c1-10-5-6-11(2)13(7-10)19-14-8-15(20(4)9-16)18-12(3)17-14/h5-8H,1-4H3,(H,17,18,19). The molecule has 0 amide bonds. The number of anilines is 3. The number of aromatic nitrogens is 2. The van der Waals surface area contributed by atoms with Crippen molar-refractivity contribution < 1.29 is 0 Å². The SMILES string of the molecule is Cc1ccc(C)c(Nc2cc(N(C)C#N)nc(C)n2)c1. The summed E-state index contributed by atoms with van der Waals surface area (Å²) in [5.41, 5.74) is 3.33. The van der Waals surface area contributed by atoms with Crippen LogP contribution < -0.4 is 10.2 Å². The summed E-state index contributed by atoms with van der Waals surface area (Å²) in [5, 5.41) is 12.2. The summed E-state index contributed by atoms with van der Waals surface area (Å²) < 4.78 is 0. The molecule has 102 valence electrons. The molecule has 0 saturated carbocycles. The molecular weight excluding hydrogens is 250 g/mol. The van der Waals surface area contributed by atoms with Crippen LogP contribution >= 0.6 is 0 Å². The molecule has 0 spiro atoms. The van der Waals surface area contributed by atoms with E-state index in [4.69, 9.17) is 5.26 Å². The lowest BCUT2D eigenvalue weighted by atomic mass is 10.1. The van der Waals surface area contributed by atoms with E-state index in [1.165, 1.54) is 10.5 Å². The van der Waals surface area contributed by atoms with Crippen LogP contribution in [-0.2, 0) is 0 Å². The quantitative estimate of drug-likeness (QED) is 0.684. The number of hydrogen-bond acceptors (Lipinski definition) is 5. The number of hydrogen-bond donors (Lipinski definition) is 1. The van der Waals surface area contributed by atoms with E-state index < -0.39 is 0 Å². The van der Waals surface area contributed by atoms with Crippen molar-refractivity contribution in [1.82, 2.24) is 9.97 Å². The molecule has 1 heterocycles. The summed E-state index contributed by atoms with van der Waals surface area (Å²) in [5.74, 6) is 1.88. The zero-order valence-electron chi connectivity index (χ0n) is 12.1. The molecule has 0 aliphatic carbocycles. The van der Waals surface area contributed by atoms with Crippen molar-refractivity contribution in [3.63, 3.8) is 0 Å². The minimum atomic E-state index is 0.577. The number of benzene rings is 1. The summed E-state index contributed by atoms with van der Waals surface area (Å²) in [6.07, 6.45) is 2.04. The third-order valence-electron chi connectivity index (χ3n) is 2.97. The Kier molecular flexibility index (Phi) is 3.85. The van der Waals surface area contributed by atoms with E-state index >= 15 is 0 Å². The molecule has 20 heavy (non-hydrogen) atoms. The van der Waals surface area contributed by atoms with Gasteiger partial charge in [-0.3, -0.25) is 4.90 Å². The van der Waals surface area contributed by atoms with Gasteiger partial charge in [-0.25, -0.2) is 9.97 Å². The highest BCUT2D eigenvalue weighted by atomic mass is 15.2. The molecule has 0 aliphatic rings. The average molecular weight is 267 g/mol. The lowest BCUT2D eigenvalue weighted by Crippen LogP contribution is -2.12. The normalized spacial score (nSPS) is 9.95. The zero-order chi connectivity index (χ0) is 14.7. The monoisotopic (exact) mass is 267 g/mol. The third-order valence-corrected chi connectivity index (χ3v) is 2.97. The van der Waals surface area contributed by atoms with E-state index in [1.807, 2.05) is 27.0 Å². The molecule has 2 rings (SSSR count). The maximum absolute atomic E-state index is 8.94. The van der Waals surface area contributed by atoms with Gasteiger partial charge in [-0.1, -0.05) is 12.1 Å². The van der Waals surface area contributed by atoms with Crippen molar-refractivity contribution in [2.75, 3.05) is 17.3 Å². The maximum Gasteiger partial charge on any atom is 0.185 e. The minimum Gasteiger partial charge on any atom is -0.340 e. The topological polar surface area (TPSA) is 64.8 Å². The summed E-state index contributed by atoms with van der Waals surface area (Å²) in [6, 6.07) is 7.97. The number of nitriles is 1. The van der Waals surface area contributed by atoms with Crippen molar-refractivity contribution in [1.29, 1.82) is 5.26 Å². The van der Waals surface area contributed by atoms with E-state index in [-0.39, 0.29) is 0 Å². The summed E-state index contributed by atoms with van der Waals surface area (Å²) in [4.78, 5) is 10.0. The van der Waals surface area contributed by atoms with Gasteiger partial charge >= 0.3 is 0 Å². The van der Waals surface area contributed by atoms with Gasteiger partial charge < -0.3 is 5.32 Å². The Labute approximate surface area is 118 Å². The molecule has 0 saturated heterocycles. The van der Waals surface area contributed by atoms with Gasteiger partial charge in [-0.2, -0.15) is 5.26 Å². The molecule has 1 N–H and O–H groups in total. The van der Waals surface area contributed by atoms with Gasteiger partial charge in [0.1, 0.15) is 17.5 Å².